The number of rotatable bonds is 4. The molecule has 1 aromatic carbocycles. The van der Waals surface area contributed by atoms with E-state index in [9.17, 15) is 13.2 Å². The van der Waals surface area contributed by atoms with Gasteiger partial charge in [-0.25, -0.2) is 8.42 Å². The third-order valence-electron chi connectivity index (χ3n) is 4.97. The second-order valence-corrected chi connectivity index (χ2v) is 8.97. The van der Waals surface area contributed by atoms with Gasteiger partial charge in [0, 0.05) is 18.2 Å². The summed E-state index contributed by atoms with van der Waals surface area (Å²) in [5, 5.41) is 0. The number of nitrogens with zero attached hydrogens (tertiary/aromatic N) is 1. The van der Waals surface area contributed by atoms with Crippen molar-refractivity contribution in [2.45, 2.75) is 51.5 Å². The fourth-order valence-electron chi connectivity index (χ4n) is 3.74. The average Bonchev–Trinajstić information content (AvgIpc) is 2.91. The quantitative estimate of drug-likeness (QED) is 0.850. The minimum Gasteiger partial charge on any atom is -0.335 e. The molecule has 2 aliphatic rings. The standard InChI is InChI=1S/C18H25NO3S/c1-2-10-19(17-9-11-23(21,22)13-17)18(20)16-8-7-14-5-3-4-6-15(14)12-16/h7-8,12,17H,2-6,9-11,13H2,1H3. The fraction of sp³-hybridized carbons (Fsp3) is 0.611. The number of carbonyl (C=O) groups is 1. The van der Waals surface area contributed by atoms with Gasteiger partial charge >= 0.3 is 0 Å². The molecule has 1 saturated heterocycles. The van der Waals surface area contributed by atoms with Gasteiger partial charge in [0.2, 0.25) is 0 Å². The molecule has 0 radical (unpaired) electrons. The third kappa shape index (κ3) is 3.60. The Morgan fingerprint density at radius 1 is 1.22 bits per heavy atom. The van der Waals surface area contributed by atoms with Gasteiger partial charge in [0.1, 0.15) is 0 Å². The second kappa shape index (κ2) is 6.63. The van der Waals surface area contributed by atoms with Crippen LogP contribution in [-0.2, 0) is 22.7 Å². The minimum absolute atomic E-state index is 0.0117. The van der Waals surface area contributed by atoms with Gasteiger partial charge in [-0.3, -0.25) is 4.79 Å². The van der Waals surface area contributed by atoms with Gasteiger partial charge in [0.05, 0.1) is 11.5 Å². The summed E-state index contributed by atoms with van der Waals surface area (Å²) in [7, 11) is -2.98. The van der Waals surface area contributed by atoms with Crippen LogP contribution in [0.4, 0.5) is 0 Å². The highest BCUT2D eigenvalue weighted by molar-refractivity contribution is 7.91. The minimum atomic E-state index is -2.98. The Hall–Kier alpha value is -1.36. The van der Waals surface area contributed by atoms with Crippen LogP contribution >= 0.6 is 0 Å². The highest BCUT2D eigenvalue weighted by Gasteiger charge is 2.34. The number of benzene rings is 1. The third-order valence-corrected chi connectivity index (χ3v) is 6.72. The monoisotopic (exact) mass is 335 g/mol. The van der Waals surface area contributed by atoms with E-state index in [1.165, 1.54) is 24.0 Å². The zero-order chi connectivity index (χ0) is 16.4. The Bertz CT molecular complexity index is 696. The molecule has 1 aliphatic heterocycles. The van der Waals surface area contributed by atoms with Gasteiger partial charge < -0.3 is 4.90 Å². The van der Waals surface area contributed by atoms with Crippen molar-refractivity contribution in [2.75, 3.05) is 18.1 Å². The number of sulfone groups is 1. The smallest absolute Gasteiger partial charge is 0.254 e. The Morgan fingerprint density at radius 2 is 1.96 bits per heavy atom. The van der Waals surface area contributed by atoms with E-state index in [2.05, 4.69) is 6.07 Å². The van der Waals surface area contributed by atoms with Crippen LogP contribution in [0.2, 0.25) is 0 Å². The summed E-state index contributed by atoms with van der Waals surface area (Å²) in [6, 6.07) is 5.86. The largest absolute Gasteiger partial charge is 0.335 e. The summed E-state index contributed by atoms with van der Waals surface area (Å²) >= 11 is 0. The summed E-state index contributed by atoms with van der Waals surface area (Å²) in [6.07, 6.45) is 5.96. The van der Waals surface area contributed by atoms with Crippen molar-refractivity contribution >= 4 is 15.7 Å². The molecule has 0 bridgehead atoms. The summed E-state index contributed by atoms with van der Waals surface area (Å²) in [6.45, 7) is 2.65. The summed E-state index contributed by atoms with van der Waals surface area (Å²) < 4.78 is 23.5. The van der Waals surface area contributed by atoms with E-state index in [0.29, 0.717) is 18.5 Å². The predicted molar refractivity (Wildman–Crippen MR) is 91.5 cm³/mol. The van der Waals surface area contributed by atoms with Crippen molar-refractivity contribution in [1.29, 1.82) is 0 Å². The van der Waals surface area contributed by atoms with E-state index in [-0.39, 0.29) is 23.5 Å². The molecule has 1 amide bonds. The first-order valence-electron chi connectivity index (χ1n) is 8.63. The molecule has 126 valence electrons. The van der Waals surface area contributed by atoms with Gasteiger partial charge in [-0.15, -0.1) is 0 Å². The van der Waals surface area contributed by atoms with Gasteiger partial charge in [-0.2, -0.15) is 0 Å². The van der Waals surface area contributed by atoms with E-state index >= 15 is 0 Å². The lowest BCUT2D eigenvalue weighted by Gasteiger charge is -2.28. The van der Waals surface area contributed by atoms with E-state index in [4.69, 9.17) is 0 Å². The summed E-state index contributed by atoms with van der Waals surface area (Å²) in [5.74, 6) is 0.307. The van der Waals surface area contributed by atoms with Gasteiger partial charge in [-0.05, 0) is 61.8 Å². The number of amides is 1. The molecule has 0 N–H and O–H groups in total. The van der Waals surface area contributed by atoms with Gasteiger partial charge in [0.25, 0.3) is 5.91 Å². The lowest BCUT2D eigenvalue weighted by Crippen LogP contribution is -2.41. The molecular formula is C18H25NO3S. The van der Waals surface area contributed by atoms with Crippen LogP contribution in [0, 0.1) is 0 Å². The van der Waals surface area contributed by atoms with Gasteiger partial charge in [-0.1, -0.05) is 13.0 Å². The topological polar surface area (TPSA) is 54.5 Å². The zero-order valence-corrected chi connectivity index (χ0v) is 14.6. The van der Waals surface area contributed by atoms with Crippen molar-refractivity contribution in [3.63, 3.8) is 0 Å². The molecule has 4 nitrogen and oxygen atoms in total. The van der Waals surface area contributed by atoms with Crippen LogP contribution in [0.25, 0.3) is 0 Å². The van der Waals surface area contributed by atoms with Crippen molar-refractivity contribution in [2.24, 2.45) is 0 Å². The molecule has 3 rings (SSSR count). The lowest BCUT2D eigenvalue weighted by atomic mass is 9.90. The maximum Gasteiger partial charge on any atom is 0.254 e. The summed E-state index contributed by atoms with van der Waals surface area (Å²) in [5.41, 5.74) is 3.36. The number of aryl methyl sites for hydroxylation is 2. The number of carbonyl (C=O) groups excluding carboxylic acids is 1. The van der Waals surface area contributed by atoms with Crippen LogP contribution in [0.15, 0.2) is 18.2 Å². The van der Waals surface area contributed by atoms with Crippen LogP contribution in [0.3, 0.4) is 0 Å². The molecule has 1 unspecified atom stereocenters. The Labute approximate surface area is 138 Å². The Balaban J connectivity index is 1.83. The SMILES string of the molecule is CCCN(C(=O)c1ccc2c(c1)CCCC2)C1CCS(=O)(=O)C1. The molecule has 0 spiro atoms. The van der Waals surface area contributed by atoms with Crippen molar-refractivity contribution in [1.82, 2.24) is 4.90 Å². The molecule has 0 saturated carbocycles. The van der Waals surface area contributed by atoms with E-state index in [1.54, 1.807) is 4.90 Å². The maximum absolute atomic E-state index is 12.9. The van der Waals surface area contributed by atoms with Crippen LogP contribution in [-0.4, -0.2) is 43.3 Å². The molecule has 0 aromatic heterocycles. The first-order chi connectivity index (χ1) is 11.0. The fourth-order valence-corrected chi connectivity index (χ4v) is 5.48. The maximum atomic E-state index is 12.9. The van der Waals surface area contributed by atoms with E-state index < -0.39 is 9.84 Å². The van der Waals surface area contributed by atoms with E-state index in [0.717, 1.165) is 19.3 Å². The van der Waals surface area contributed by atoms with Gasteiger partial charge in [0.15, 0.2) is 9.84 Å². The second-order valence-electron chi connectivity index (χ2n) is 6.75. The normalized spacial score (nSPS) is 22.6. The number of hydrogen-bond acceptors (Lipinski definition) is 3. The van der Waals surface area contributed by atoms with Crippen molar-refractivity contribution in [3.8, 4) is 0 Å². The molecule has 1 atom stereocenters. The molecule has 1 fully saturated rings. The zero-order valence-electron chi connectivity index (χ0n) is 13.8. The highest BCUT2D eigenvalue weighted by Crippen LogP contribution is 2.25. The predicted octanol–water partition coefficient (Wildman–Crippen LogP) is 2.60. The molecule has 5 heteroatoms. The Morgan fingerprint density at radius 3 is 2.61 bits per heavy atom. The van der Waals surface area contributed by atoms with Crippen molar-refractivity contribution < 1.29 is 13.2 Å². The number of fused-ring (bicyclic) bond motifs is 1. The Kier molecular flexibility index (Phi) is 4.76. The molecule has 23 heavy (non-hydrogen) atoms. The van der Waals surface area contributed by atoms with E-state index in [1.807, 2.05) is 19.1 Å². The number of hydrogen-bond donors (Lipinski definition) is 0. The average molecular weight is 335 g/mol. The van der Waals surface area contributed by atoms with Crippen LogP contribution in [0.1, 0.15) is 54.1 Å². The first kappa shape index (κ1) is 16.5. The molecule has 1 heterocycles. The molecular weight excluding hydrogens is 310 g/mol. The molecule has 1 aromatic rings. The van der Waals surface area contributed by atoms with Crippen LogP contribution < -0.4 is 0 Å². The highest BCUT2D eigenvalue weighted by atomic mass is 32.2. The molecule has 1 aliphatic carbocycles. The first-order valence-corrected chi connectivity index (χ1v) is 10.5. The van der Waals surface area contributed by atoms with Crippen LogP contribution in [0.5, 0.6) is 0 Å². The lowest BCUT2D eigenvalue weighted by molar-refractivity contribution is 0.0697. The summed E-state index contributed by atoms with van der Waals surface area (Å²) in [4.78, 5) is 14.7. The van der Waals surface area contributed by atoms with Crippen molar-refractivity contribution in [3.05, 3.63) is 34.9 Å².